The topological polar surface area (TPSA) is 99.4 Å². The van der Waals surface area contributed by atoms with Gasteiger partial charge in [0.05, 0.1) is 24.8 Å². The normalized spacial score (nSPS) is 10.0. The van der Waals surface area contributed by atoms with Crippen molar-refractivity contribution < 1.29 is 14.4 Å². The van der Waals surface area contributed by atoms with Crippen molar-refractivity contribution in [3.8, 4) is 11.5 Å². The van der Waals surface area contributed by atoms with Gasteiger partial charge in [-0.3, -0.25) is 10.1 Å². The smallest absolute Gasteiger partial charge is 0.348 e. The van der Waals surface area contributed by atoms with Crippen LogP contribution in [0.15, 0.2) is 24.5 Å². The summed E-state index contributed by atoms with van der Waals surface area (Å²) in [6.45, 7) is 0. The Morgan fingerprint density at radius 3 is 2.67 bits per heavy atom. The molecule has 110 valence electrons. The molecule has 2 rings (SSSR count). The first-order valence-electron chi connectivity index (χ1n) is 5.70. The number of hydrogen-bond donors (Lipinski definition) is 1. The summed E-state index contributed by atoms with van der Waals surface area (Å²) in [7, 11) is 2.99. The van der Waals surface area contributed by atoms with Crippen molar-refractivity contribution in [2.45, 2.75) is 0 Å². The number of hydrogen-bond acceptors (Lipinski definition) is 7. The minimum Gasteiger partial charge on any atom is -0.497 e. The Morgan fingerprint density at radius 1 is 1.29 bits per heavy atom. The van der Waals surface area contributed by atoms with Gasteiger partial charge < -0.3 is 14.8 Å². The van der Waals surface area contributed by atoms with Gasteiger partial charge in [0.1, 0.15) is 17.8 Å². The highest BCUT2D eigenvalue weighted by Crippen LogP contribution is 2.35. The molecule has 21 heavy (non-hydrogen) atoms. The van der Waals surface area contributed by atoms with Crippen molar-refractivity contribution in [2.24, 2.45) is 0 Å². The van der Waals surface area contributed by atoms with E-state index < -0.39 is 10.6 Å². The van der Waals surface area contributed by atoms with E-state index >= 15 is 0 Å². The molecule has 0 fully saturated rings. The van der Waals surface area contributed by atoms with Crippen LogP contribution < -0.4 is 14.8 Å². The number of halogens is 1. The second kappa shape index (κ2) is 6.23. The van der Waals surface area contributed by atoms with E-state index in [1.807, 2.05) is 0 Å². The van der Waals surface area contributed by atoms with Crippen molar-refractivity contribution in [2.75, 3.05) is 19.5 Å². The van der Waals surface area contributed by atoms with E-state index in [-0.39, 0.29) is 11.0 Å². The predicted molar refractivity (Wildman–Crippen MR) is 76.5 cm³/mol. The first-order chi connectivity index (χ1) is 10.1. The minimum absolute atomic E-state index is 0.0356. The largest absolute Gasteiger partial charge is 0.497 e. The van der Waals surface area contributed by atoms with Crippen LogP contribution >= 0.6 is 11.6 Å². The van der Waals surface area contributed by atoms with Gasteiger partial charge in [0, 0.05) is 6.07 Å². The molecule has 0 aliphatic heterocycles. The molecule has 1 aromatic heterocycles. The van der Waals surface area contributed by atoms with E-state index in [2.05, 4.69) is 15.3 Å². The number of methoxy groups -OCH3 is 2. The number of nitrogens with one attached hydrogen (secondary N) is 1. The molecule has 0 saturated carbocycles. The van der Waals surface area contributed by atoms with Gasteiger partial charge in [-0.2, -0.15) is 0 Å². The Bertz CT molecular complexity index is 680. The fraction of sp³-hybridized carbons (Fsp3) is 0.167. The Hall–Kier alpha value is -2.61. The van der Waals surface area contributed by atoms with E-state index in [9.17, 15) is 10.1 Å². The number of nitrogens with zero attached hydrogens (tertiary/aromatic N) is 3. The average Bonchev–Trinajstić information content (AvgIpc) is 2.46. The molecule has 2 aromatic rings. The minimum atomic E-state index is -0.655. The quantitative estimate of drug-likeness (QED) is 0.515. The molecule has 0 unspecified atom stereocenters. The zero-order chi connectivity index (χ0) is 15.4. The van der Waals surface area contributed by atoms with Gasteiger partial charge >= 0.3 is 5.69 Å². The molecule has 0 aliphatic carbocycles. The van der Waals surface area contributed by atoms with Crippen molar-refractivity contribution in [3.63, 3.8) is 0 Å². The van der Waals surface area contributed by atoms with E-state index in [0.29, 0.717) is 17.2 Å². The molecule has 1 N–H and O–H groups in total. The fourth-order valence-electron chi connectivity index (χ4n) is 1.65. The van der Waals surface area contributed by atoms with E-state index in [1.165, 1.54) is 14.2 Å². The molecular weight excluding hydrogens is 300 g/mol. The molecule has 0 saturated heterocycles. The van der Waals surface area contributed by atoms with Crippen LogP contribution in [0.4, 0.5) is 17.2 Å². The highest BCUT2D eigenvalue weighted by molar-refractivity contribution is 6.31. The molecule has 0 aliphatic rings. The summed E-state index contributed by atoms with van der Waals surface area (Å²) in [5.41, 5.74) is 0.0405. The molecule has 0 spiro atoms. The number of rotatable bonds is 5. The summed E-state index contributed by atoms with van der Waals surface area (Å²) < 4.78 is 10.3. The molecule has 0 amide bonds. The number of nitro groups is 1. The van der Waals surface area contributed by atoms with Crippen LogP contribution in [0.1, 0.15) is 0 Å². The van der Waals surface area contributed by atoms with E-state index in [4.69, 9.17) is 21.1 Å². The monoisotopic (exact) mass is 310 g/mol. The lowest BCUT2D eigenvalue weighted by molar-refractivity contribution is -0.384. The third kappa shape index (κ3) is 3.11. The standard InChI is InChI=1S/C12H11ClN4O4/c1-20-7-3-4-9(21-2)8(5-7)16-12-10(17(18)19)11(13)14-6-15-12/h3-6H,1-2H3,(H,14,15,16). The van der Waals surface area contributed by atoms with Gasteiger partial charge in [0.25, 0.3) is 0 Å². The molecule has 9 heteroatoms. The SMILES string of the molecule is COc1ccc(OC)c(Nc2ncnc(Cl)c2[N+](=O)[O-])c1. The second-order valence-corrected chi connectivity index (χ2v) is 4.17. The Kier molecular flexibility index (Phi) is 4.39. The van der Waals surface area contributed by atoms with Crippen LogP contribution in [-0.4, -0.2) is 29.1 Å². The first kappa shape index (κ1) is 14.8. The van der Waals surface area contributed by atoms with Crippen molar-refractivity contribution >= 4 is 28.8 Å². The Labute approximate surface area is 124 Å². The zero-order valence-electron chi connectivity index (χ0n) is 11.2. The fourth-order valence-corrected chi connectivity index (χ4v) is 1.85. The van der Waals surface area contributed by atoms with E-state index in [1.54, 1.807) is 18.2 Å². The maximum Gasteiger partial charge on any atom is 0.348 e. The van der Waals surface area contributed by atoms with Crippen LogP contribution in [0, 0.1) is 10.1 Å². The van der Waals surface area contributed by atoms with Crippen molar-refractivity contribution in [1.82, 2.24) is 9.97 Å². The third-order valence-electron chi connectivity index (χ3n) is 2.62. The maximum absolute atomic E-state index is 11.1. The molecule has 0 radical (unpaired) electrons. The number of anilines is 2. The second-order valence-electron chi connectivity index (χ2n) is 3.81. The Balaban J connectivity index is 2.47. The third-order valence-corrected chi connectivity index (χ3v) is 2.90. The molecular formula is C12H11ClN4O4. The lowest BCUT2D eigenvalue weighted by Crippen LogP contribution is -2.03. The molecule has 8 nitrogen and oxygen atoms in total. The summed E-state index contributed by atoms with van der Waals surface area (Å²) in [4.78, 5) is 17.8. The predicted octanol–water partition coefficient (Wildman–Crippen LogP) is 2.80. The average molecular weight is 311 g/mol. The van der Waals surface area contributed by atoms with Crippen LogP contribution in [0.5, 0.6) is 11.5 Å². The molecule has 1 heterocycles. The lowest BCUT2D eigenvalue weighted by Gasteiger charge is -2.12. The van der Waals surface area contributed by atoms with Gasteiger partial charge in [0.15, 0.2) is 0 Å². The van der Waals surface area contributed by atoms with E-state index in [0.717, 1.165) is 6.33 Å². The number of aromatic nitrogens is 2. The highest BCUT2D eigenvalue weighted by atomic mass is 35.5. The zero-order valence-corrected chi connectivity index (χ0v) is 11.9. The van der Waals surface area contributed by atoms with Gasteiger partial charge in [-0.25, -0.2) is 9.97 Å². The van der Waals surface area contributed by atoms with Gasteiger partial charge in [-0.1, -0.05) is 11.6 Å². The highest BCUT2D eigenvalue weighted by Gasteiger charge is 2.22. The number of ether oxygens (including phenoxy) is 2. The lowest BCUT2D eigenvalue weighted by atomic mass is 10.2. The molecule has 1 aromatic carbocycles. The summed E-state index contributed by atoms with van der Waals surface area (Å²) in [5, 5.41) is 13.6. The van der Waals surface area contributed by atoms with Crippen LogP contribution in [0.2, 0.25) is 5.15 Å². The summed E-state index contributed by atoms with van der Waals surface area (Å²) in [6, 6.07) is 4.99. The van der Waals surface area contributed by atoms with Crippen molar-refractivity contribution in [3.05, 3.63) is 39.8 Å². The molecule has 0 bridgehead atoms. The van der Waals surface area contributed by atoms with Crippen LogP contribution in [0.25, 0.3) is 0 Å². The maximum atomic E-state index is 11.1. The van der Waals surface area contributed by atoms with Crippen LogP contribution in [-0.2, 0) is 0 Å². The van der Waals surface area contributed by atoms with Crippen molar-refractivity contribution in [1.29, 1.82) is 0 Å². The first-order valence-corrected chi connectivity index (χ1v) is 6.08. The van der Waals surface area contributed by atoms with Gasteiger partial charge in [-0.05, 0) is 12.1 Å². The van der Waals surface area contributed by atoms with Gasteiger partial charge in [-0.15, -0.1) is 0 Å². The summed E-state index contributed by atoms with van der Waals surface area (Å²) in [5.74, 6) is 0.993. The molecule has 0 atom stereocenters. The van der Waals surface area contributed by atoms with Gasteiger partial charge in [0.2, 0.25) is 11.0 Å². The Morgan fingerprint density at radius 2 is 2.05 bits per heavy atom. The summed E-state index contributed by atoms with van der Waals surface area (Å²) in [6.07, 6.45) is 1.13. The number of benzene rings is 1. The van der Waals surface area contributed by atoms with Crippen LogP contribution in [0.3, 0.4) is 0 Å². The summed E-state index contributed by atoms with van der Waals surface area (Å²) >= 11 is 5.73.